The van der Waals surface area contributed by atoms with Gasteiger partial charge in [-0.05, 0) is 37.0 Å². The van der Waals surface area contributed by atoms with E-state index in [1.54, 1.807) is 12.4 Å². The van der Waals surface area contributed by atoms with E-state index in [4.69, 9.17) is 4.74 Å². The Bertz CT molecular complexity index is 381. The summed E-state index contributed by atoms with van der Waals surface area (Å²) in [7, 11) is 0. The van der Waals surface area contributed by atoms with Crippen molar-refractivity contribution in [3.8, 4) is 0 Å². The number of amides is 1. The smallest absolute Gasteiger partial charge is 0.225 e. The van der Waals surface area contributed by atoms with E-state index in [2.05, 4.69) is 17.2 Å². The molecule has 1 amide bonds. The second kappa shape index (κ2) is 6.50. The molecule has 1 aliphatic rings. The van der Waals surface area contributed by atoms with Crippen LogP contribution in [0.4, 0.5) is 0 Å². The second-order valence-electron chi connectivity index (χ2n) is 4.64. The van der Waals surface area contributed by atoms with Gasteiger partial charge in [-0.25, -0.2) is 0 Å². The molecule has 1 fully saturated rings. The zero-order chi connectivity index (χ0) is 12.8. The van der Waals surface area contributed by atoms with Gasteiger partial charge < -0.3 is 10.1 Å². The fourth-order valence-corrected chi connectivity index (χ4v) is 2.36. The van der Waals surface area contributed by atoms with Crippen LogP contribution in [-0.4, -0.2) is 23.6 Å². The number of nitrogens with zero attached hydrogens (tertiary/aromatic N) is 1. The van der Waals surface area contributed by atoms with Gasteiger partial charge in [0.1, 0.15) is 0 Å². The van der Waals surface area contributed by atoms with Crippen molar-refractivity contribution in [3.05, 3.63) is 30.1 Å². The van der Waals surface area contributed by atoms with E-state index in [0.29, 0.717) is 6.54 Å². The lowest BCUT2D eigenvalue weighted by Crippen LogP contribution is -2.41. The molecule has 0 bridgehead atoms. The molecule has 0 aromatic carbocycles. The molecule has 0 unspecified atom stereocenters. The summed E-state index contributed by atoms with van der Waals surface area (Å²) in [5.74, 6) is 0.115. The number of ether oxygens (including phenoxy) is 1. The molecule has 0 saturated carbocycles. The normalized spacial score (nSPS) is 23.6. The minimum Gasteiger partial charge on any atom is -0.377 e. The Morgan fingerprint density at radius 1 is 1.50 bits per heavy atom. The lowest BCUT2D eigenvalue weighted by Gasteiger charge is -2.30. The number of pyridine rings is 1. The quantitative estimate of drug-likeness (QED) is 0.885. The van der Waals surface area contributed by atoms with Gasteiger partial charge in [0.15, 0.2) is 0 Å². The number of hydrogen-bond acceptors (Lipinski definition) is 3. The highest BCUT2D eigenvalue weighted by molar-refractivity contribution is 5.79. The van der Waals surface area contributed by atoms with Crippen LogP contribution in [0.25, 0.3) is 0 Å². The van der Waals surface area contributed by atoms with Crippen LogP contribution < -0.4 is 5.32 Å². The van der Waals surface area contributed by atoms with Gasteiger partial charge in [0.2, 0.25) is 5.91 Å². The second-order valence-corrected chi connectivity index (χ2v) is 4.64. The predicted molar refractivity (Wildman–Crippen MR) is 68.8 cm³/mol. The standard InChI is InChI=1S/C14H20N2O2/c1-2-13-12(4-3-9-18-13)14(17)16-10-11-5-7-15-8-6-11/h5-8,12-13H,2-4,9-10H2,1H3,(H,16,17)/t12-,13+/m0/s1. The highest BCUT2D eigenvalue weighted by Crippen LogP contribution is 2.23. The largest absolute Gasteiger partial charge is 0.377 e. The molecule has 98 valence electrons. The molecule has 1 saturated heterocycles. The highest BCUT2D eigenvalue weighted by Gasteiger charge is 2.30. The number of carbonyl (C=O) groups is 1. The van der Waals surface area contributed by atoms with E-state index in [9.17, 15) is 4.79 Å². The van der Waals surface area contributed by atoms with Gasteiger partial charge in [-0.3, -0.25) is 9.78 Å². The Morgan fingerprint density at radius 2 is 2.28 bits per heavy atom. The summed E-state index contributed by atoms with van der Waals surface area (Å²) < 4.78 is 5.64. The van der Waals surface area contributed by atoms with Gasteiger partial charge in [0, 0.05) is 25.5 Å². The molecule has 1 aromatic heterocycles. The predicted octanol–water partition coefficient (Wildman–Crippen LogP) is 1.90. The summed E-state index contributed by atoms with van der Waals surface area (Å²) in [6.45, 7) is 3.42. The molecule has 0 radical (unpaired) electrons. The summed E-state index contributed by atoms with van der Waals surface area (Å²) in [6, 6.07) is 3.82. The topological polar surface area (TPSA) is 51.2 Å². The van der Waals surface area contributed by atoms with E-state index in [1.807, 2.05) is 12.1 Å². The third kappa shape index (κ3) is 3.29. The van der Waals surface area contributed by atoms with E-state index < -0.39 is 0 Å². The van der Waals surface area contributed by atoms with Crippen molar-refractivity contribution in [1.29, 1.82) is 0 Å². The molecular weight excluding hydrogens is 228 g/mol. The molecule has 0 aliphatic carbocycles. The summed E-state index contributed by atoms with van der Waals surface area (Å²) in [4.78, 5) is 16.1. The van der Waals surface area contributed by atoms with Gasteiger partial charge in [-0.2, -0.15) is 0 Å². The number of nitrogens with one attached hydrogen (secondary N) is 1. The van der Waals surface area contributed by atoms with Crippen LogP contribution in [0.5, 0.6) is 0 Å². The maximum Gasteiger partial charge on any atom is 0.225 e. The van der Waals surface area contributed by atoms with Crippen molar-refractivity contribution in [1.82, 2.24) is 10.3 Å². The van der Waals surface area contributed by atoms with Crippen LogP contribution in [-0.2, 0) is 16.1 Å². The zero-order valence-electron chi connectivity index (χ0n) is 10.8. The average molecular weight is 248 g/mol. The Morgan fingerprint density at radius 3 is 3.00 bits per heavy atom. The molecule has 1 N–H and O–H groups in total. The monoisotopic (exact) mass is 248 g/mol. The molecule has 1 aliphatic heterocycles. The van der Waals surface area contributed by atoms with Crippen LogP contribution in [0.15, 0.2) is 24.5 Å². The lowest BCUT2D eigenvalue weighted by molar-refractivity contribution is -0.134. The molecular formula is C14H20N2O2. The van der Waals surface area contributed by atoms with Gasteiger partial charge in [-0.15, -0.1) is 0 Å². The van der Waals surface area contributed by atoms with Crippen LogP contribution >= 0.6 is 0 Å². The molecule has 4 heteroatoms. The van der Waals surface area contributed by atoms with Crippen LogP contribution in [0.3, 0.4) is 0 Å². The minimum absolute atomic E-state index is 0.00517. The molecule has 18 heavy (non-hydrogen) atoms. The average Bonchev–Trinajstić information content (AvgIpc) is 2.45. The number of hydrogen-bond donors (Lipinski definition) is 1. The Balaban J connectivity index is 1.87. The van der Waals surface area contributed by atoms with E-state index in [1.165, 1.54) is 0 Å². The van der Waals surface area contributed by atoms with E-state index in [0.717, 1.165) is 31.4 Å². The van der Waals surface area contributed by atoms with Crippen molar-refractivity contribution >= 4 is 5.91 Å². The highest BCUT2D eigenvalue weighted by atomic mass is 16.5. The summed E-state index contributed by atoms with van der Waals surface area (Å²) in [5.41, 5.74) is 1.07. The van der Waals surface area contributed by atoms with Crippen molar-refractivity contribution in [2.75, 3.05) is 6.61 Å². The lowest BCUT2D eigenvalue weighted by atomic mass is 9.92. The van der Waals surface area contributed by atoms with Crippen molar-refractivity contribution in [2.45, 2.75) is 38.8 Å². The maximum atomic E-state index is 12.1. The SMILES string of the molecule is CC[C@H]1OCCC[C@@H]1C(=O)NCc1ccncc1. The Kier molecular flexibility index (Phi) is 4.70. The van der Waals surface area contributed by atoms with Crippen molar-refractivity contribution in [3.63, 3.8) is 0 Å². The fraction of sp³-hybridized carbons (Fsp3) is 0.571. The molecule has 2 rings (SSSR count). The summed E-state index contributed by atoms with van der Waals surface area (Å²) in [5, 5.41) is 2.99. The molecule has 1 aromatic rings. The van der Waals surface area contributed by atoms with Gasteiger partial charge in [0.05, 0.1) is 12.0 Å². The van der Waals surface area contributed by atoms with Crippen LogP contribution in [0, 0.1) is 5.92 Å². The third-order valence-corrected chi connectivity index (χ3v) is 3.40. The van der Waals surface area contributed by atoms with Gasteiger partial charge in [-0.1, -0.05) is 6.92 Å². The Labute approximate surface area is 108 Å². The van der Waals surface area contributed by atoms with Gasteiger partial charge >= 0.3 is 0 Å². The maximum absolute atomic E-state index is 12.1. The van der Waals surface area contributed by atoms with Crippen molar-refractivity contribution in [2.24, 2.45) is 5.92 Å². The van der Waals surface area contributed by atoms with Crippen LogP contribution in [0.2, 0.25) is 0 Å². The molecule has 0 spiro atoms. The fourth-order valence-electron chi connectivity index (χ4n) is 2.36. The summed E-state index contributed by atoms with van der Waals surface area (Å²) >= 11 is 0. The summed E-state index contributed by atoms with van der Waals surface area (Å²) in [6.07, 6.45) is 6.36. The molecule has 4 nitrogen and oxygen atoms in total. The number of aromatic nitrogens is 1. The first-order valence-electron chi connectivity index (χ1n) is 6.59. The minimum atomic E-state index is 0.00517. The molecule has 2 atom stereocenters. The third-order valence-electron chi connectivity index (χ3n) is 3.40. The van der Waals surface area contributed by atoms with E-state index in [-0.39, 0.29) is 17.9 Å². The van der Waals surface area contributed by atoms with E-state index >= 15 is 0 Å². The first-order chi connectivity index (χ1) is 8.81. The zero-order valence-corrected chi connectivity index (χ0v) is 10.8. The first kappa shape index (κ1) is 13.0. The Hall–Kier alpha value is -1.42. The molecule has 2 heterocycles. The first-order valence-corrected chi connectivity index (χ1v) is 6.59. The van der Waals surface area contributed by atoms with Crippen LogP contribution in [0.1, 0.15) is 31.7 Å². The van der Waals surface area contributed by atoms with Crippen molar-refractivity contribution < 1.29 is 9.53 Å². The number of carbonyl (C=O) groups excluding carboxylic acids is 1. The van der Waals surface area contributed by atoms with Gasteiger partial charge in [0.25, 0.3) is 0 Å². The number of rotatable bonds is 4.